The van der Waals surface area contributed by atoms with Crippen LogP contribution in [0.25, 0.3) is 45.3 Å². The quantitative estimate of drug-likeness (QED) is 0.140. The Kier molecular flexibility index (Phi) is 14.0. The summed E-state index contributed by atoms with van der Waals surface area (Å²) in [6, 6.07) is 14.4. The first kappa shape index (κ1) is 48.9. The number of carbonyl (C=O) groups excluding carboxylic acids is 3. The molecule has 10 rings (SSSR count). The van der Waals surface area contributed by atoms with E-state index in [1.165, 1.54) is 9.36 Å². The van der Waals surface area contributed by atoms with Crippen molar-refractivity contribution in [3.63, 3.8) is 0 Å². The van der Waals surface area contributed by atoms with Crippen molar-refractivity contribution in [3.05, 3.63) is 108 Å². The van der Waals surface area contributed by atoms with Crippen LogP contribution in [0.2, 0.25) is 0 Å². The largest absolute Gasteiger partial charge is 0.512 e. The molecule has 2 amide bonds. The van der Waals surface area contributed by atoms with E-state index < -0.39 is 18.6 Å². The SMILES string of the molecule is Cc1cccnc1N(C(=O)c1ccc(-c2cnn(C)c2-c2nnnn2[C@H](C)OC(=O)O[C@@H](C)n2nnnc2-c2c(-c3ccc(C(=O)N(c4ncccc4C)[C@@H]4CCCNC4)nc3)cnn2C)cn1)[C@@H]1CCCNC1. The molecule has 0 spiro atoms. The lowest BCUT2D eigenvalue weighted by Gasteiger charge is -2.34. The minimum absolute atomic E-state index is 0.0874. The molecule has 8 aromatic heterocycles. The average molecular weight is 1000 g/mol. The van der Waals surface area contributed by atoms with Crippen LogP contribution in [0.4, 0.5) is 16.4 Å². The molecular weight excluding hydrogens is 949 g/mol. The standard InChI is InChI=1S/C49H54N20O5/c1-29-11-7-21-52-43(29)66(35-13-9-19-50-25-35)47(70)39-17-15-33(23-54-39)37-27-56-64(5)41(37)45-58-60-62-68(45)31(3)73-49(72)74-32(4)69-46(59-61-63-69)42-38(28-57-65(42)6)34-16-18-40(55-24-34)48(71)67(36-14-10-20-51-26-36)44-30(2)12-8-22-53-44/h7-8,11-12,15-18,21-24,27-28,31-32,35-36,50-51H,9-10,13-14,19-20,25-26H2,1-6H3/t31-,32-,35+,36+/m0/s1. The first-order valence-electron chi connectivity index (χ1n) is 24.3. The van der Waals surface area contributed by atoms with Gasteiger partial charge >= 0.3 is 6.16 Å². The highest BCUT2D eigenvalue weighted by Gasteiger charge is 2.33. The fourth-order valence-corrected chi connectivity index (χ4v) is 9.47. The lowest BCUT2D eigenvalue weighted by molar-refractivity contribution is -0.0374. The van der Waals surface area contributed by atoms with Gasteiger partial charge in [-0.15, -0.1) is 10.2 Å². The van der Waals surface area contributed by atoms with Crippen molar-refractivity contribution in [3.8, 4) is 45.3 Å². The molecule has 0 radical (unpaired) electrons. The van der Waals surface area contributed by atoms with Crippen LogP contribution in [0.15, 0.2) is 85.7 Å². The first-order chi connectivity index (χ1) is 36.0. The fraction of sp³-hybridized carbons (Fsp3) is 0.367. The van der Waals surface area contributed by atoms with Crippen molar-refractivity contribution in [2.45, 2.75) is 77.9 Å². The summed E-state index contributed by atoms with van der Waals surface area (Å²) in [5.74, 6) is 1.16. The Morgan fingerprint density at radius 3 is 1.45 bits per heavy atom. The predicted molar refractivity (Wildman–Crippen MR) is 267 cm³/mol. The third-order valence-corrected chi connectivity index (χ3v) is 13.2. The lowest BCUT2D eigenvalue weighted by Crippen LogP contribution is -2.49. The molecule has 0 aliphatic carbocycles. The number of nitrogens with one attached hydrogen (secondary N) is 2. The van der Waals surface area contributed by atoms with Gasteiger partial charge in [0.25, 0.3) is 11.8 Å². The molecule has 2 aliphatic rings. The summed E-state index contributed by atoms with van der Waals surface area (Å²) in [5.41, 5.74) is 5.79. The van der Waals surface area contributed by atoms with Crippen LogP contribution >= 0.6 is 0 Å². The first-order valence-corrected chi connectivity index (χ1v) is 24.3. The fourth-order valence-electron chi connectivity index (χ4n) is 9.47. The number of rotatable bonds is 14. The number of nitrogens with zero attached hydrogens (tertiary/aromatic N) is 18. The van der Waals surface area contributed by atoms with Crippen LogP contribution < -0.4 is 20.4 Å². The minimum atomic E-state index is -1.07. The Bertz CT molecular complexity index is 3070. The van der Waals surface area contributed by atoms with Crippen LogP contribution in [-0.4, -0.2) is 136 Å². The van der Waals surface area contributed by atoms with Crippen molar-refractivity contribution < 1.29 is 23.9 Å². The molecule has 2 N–H and O–H groups in total. The molecule has 0 bridgehead atoms. The summed E-state index contributed by atoms with van der Waals surface area (Å²) in [6.07, 6.45) is 10.2. The van der Waals surface area contributed by atoms with E-state index in [1.54, 1.807) is 109 Å². The Labute approximate surface area is 424 Å². The second kappa shape index (κ2) is 21.2. The van der Waals surface area contributed by atoms with Gasteiger partial charge in [-0.1, -0.05) is 24.3 Å². The molecule has 2 fully saturated rings. The monoisotopic (exact) mass is 1000 g/mol. The van der Waals surface area contributed by atoms with Gasteiger partial charge in [0.1, 0.15) is 34.4 Å². The van der Waals surface area contributed by atoms with E-state index >= 15 is 0 Å². The van der Waals surface area contributed by atoms with Crippen molar-refractivity contribution >= 4 is 29.6 Å². The normalized spacial score (nSPS) is 16.6. The Balaban J connectivity index is 0.827. The average Bonchev–Trinajstić information content (AvgIpc) is 4.26. The van der Waals surface area contributed by atoms with Crippen molar-refractivity contribution in [1.82, 2.24) is 90.5 Å². The molecule has 0 unspecified atom stereocenters. The molecule has 25 nitrogen and oxygen atoms in total. The number of pyridine rings is 4. The van der Waals surface area contributed by atoms with Crippen LogP contribution in [0, 0.1) is 13.8 Å². The van der Waals surface area contributed by atoms with Crippen molar-refractivity contribution in [2.75, 3.05) is 36.0 Å². The highest BCUT2D eigenvalue weighted by Crippen LogP contribution is 2.34. The highest BCUT2D eigenvalue weighted by atomic mass is 16.7. The van der Waals surface area contributed by atoms with Gasteiger partial charge in [-0.3, -0.25) is 38.7 Å². The number of aromatic nitrogens is 16. The zero-order valence-corrected chi connectivity index (χ0v) is 41.6. The predicted octanol–water partition coefficient (Wildman–Crippen LogP) is 4.68. The topological polar surface area (TPSA) is 275 Å². The number of aryl methyl sites for hydroxylation is 4. The molecule has 74 heavy (non-hydrogen) atoms. The Morgan fingerprint density at radius 1 is 0.622 bits per heavy atom. The number of piperidine rings is 2. The van der Waals surface area contributed by atoms with Gasteiger partial charge in [-0.2, -0.15) is 19.6 Å². The summed E-state index contributed by atoms with van der Waals surface area (Å²) in [7, 11) is 3.46. The molecule has 25 heteroatoms. The highest BCUT2D eigenvalue weighted by molar-refractivity contribution is 6.06. The van der Waals surface area contributed by atoms with Gasteiger partial charge in [-0.05, 0) is 123 Å². The van der Waals surface area contributed by atoms with Crippen LogP contribution in [0.5, 0.6) is 0 Å². The van der Waals surface area contributed by atoms with Crippen LogP contribution in [-0.2, 0) is 23.6 Å². The molecule has 2 aliphatic heterocycles. The third kappa shape index (κ3) is 9.68. The summed E-state index contributed by atoms with van der Waals surface area (Å²) in [5, 5.41) is 40.5. The molecule has 0 aromatic carbocycles. The van der Waals surface area contributed by atoms with Crippen molar-refractivity contribution in [1.29, 1.82) is 0 Å². The summed E-state index contributed by atoms with van der Waals surface area (Å²) in [6.45, 7) is 10.1. The smallest absolute Gasteiger partial charge is 0.408 e. The number of carbonyl (C=O) groups is 3. The van der Waals surface area contributed by atoms with E-state index in [0.29, 0.717) is 58.4 Å². The van der Waals surface area contributed by atoms with Crippen molar-refractivity contribution in [2.24, 2.45) is 14.1 Å². The molecule has 0 saturated carbocycles. The number of amides is 2. The van der Waals surface area contributed by atoms with E-state index in [2.05, 4.69) is 71.8 Å². The molecule has 4 atom stereocenters. The minimum Gasteiger partial charge on any atom is -0.408 e. The van der Waals surface area contributed by atoms with Gasteiger partial charge in [-0.25, -0.2) is 14.8 Å². The second-order valence-electron chi connectivity index (χ2n) is 18.1. The number of tetrazole rings is 2. The maximum absolute atomic E-state index is 14.2. The molecule has 8 aromatic rings. The van der Waals surface area contributed by atoms with E-state index in [1.807, 2.05) is 38.1 Å². The third-order valence-electron chi connectivity index (χ3n) is 13.2. The van der Waals surface area contributed by atoms with E-state index in [9.17, 15) is 14.4 Å². The molecular formula is C49H54N20O5. The number of anilines is 2. The number of hydrogen-bond donors (Lipinski definition) is 2. The maximum atomic E-state index is 14.2. The summed E-state index contributed by atoms with van der Waals surface area (Å²) in [4.78, 5) is 63.8. The second-order valence-corrected chi connectivity index (χ2v) is 18.1. The Morgan fingerprint density at radius 2 is 1.07 bits per heavy atom. The molecule has 2 saturated heterocycles. The van der Waals surface area contributed by atoms with Crippen LogP contribution in [0.3, 0.4) is 0 Å². The zero-order chi connectivity index (χ0) is 51.5. The lowest BCUT2D eigenvalue weighted by atomic mass is 10.0. The van der Waals surface area contributed by atoms with E-state index in [0.717, 1.165) is 49.9 Å². The zero-order valence-electron chi connectivity index (χ0n) is 41.6. The van der Waals surface area contributed by atoms with E-state index in [4.69, 9.17) is 9.47 Å². The van der Waals surface area contributed by atoms with Gasteiger partial charge in [0.2, 0.25) is 11.6 Å². The summed E-state index contributed by atoms with van der Waals surface area (Å²) < 4.78 is 17.3. The molecule has 10 heterocycles. The Hall–Kier alpha value is -8.71. The van der Waals surface area contributed by atoms with Gasteiger partial charge in [0, 0.05) is 74.2 Å². The maximum Gasteiger partial charge on any atom is 0.512 e. The number of hydrogen-bond acceptors (Lipinski definition) is 19. The van der Waals surface area contributed by atoms with E-state index in [-0.39, 0.29) is 46.9 Å². The number of ether oxygens (including phenoxy) is 2. The van der Waals surface area contributed by atoms with Gasteiger partial charge in [0.15, 0.2) is 12.5 Å². The van der Waals surface area contributed by atoms with Crippen LogP contribution in [0.1, 0.15) is 84.1 Å². The van der Waals surface area contributed by atoms with Gasteiger partial charge < -0.3 is 20.1 Å². The summed E-state index contributed by atoms with van der Waals surface area (Å²) >= 11 is 0. The molecule has 380 valence electrons. The van der Waals surface area contributed by atoms with Gasteiger partial charge in [0.05, 0.1) is 24.5 Å².